The predicted octanol–water partition coefficient (Wildman–Crippen LogP) is 1.53. The maximum Gasteiger partial charge on any atom is 0.331 e. The minimum atomic E-state index is -1.22. The molecule has 0 atom stereocenters. The molecule has 0 aliphatic carbocycles. The zero-order valence-corrected chi connectivity index (χ0v) is 10.3. The first kappa shape index (κ1) is 13.9. The van der Waals surface area contributed by atoms with Gasteiger partial charge in [-0.3, -0.25) is 9.59 Å². The second-order valence-electron chi connectivity index (χ2n) is 4.22. The number of halogens is 2. The number of carboxylic acids is 1. The maximum absolute atomic E-state index is 13.2. The van der Waals surface area contributed by atoms with Crippen molar-refractivity contribution in [3.05, 3.63) is 41.0 Å². The summed E-state index contributed by atoms with van der Waals surface area (Å²) in [5.74, 6) is -5.47. The largest absolute Gasteiger partial charge is 0.478 e. The average Bonchev–Trinajstić information content (AvgIpc) is 2.61. The van der Waals surface area contributed by atoms with E-state index in [4.69, 9.17) is 5.11 Å². The van der Waals surface area contributed by atoms with Crippen LogP contribution in [0.2, 0.25) is 0 Å². The topological polar surface area (TPSA) is 74.7 Å². The molecule has 1 N–H and O–H groups in total. The van der Waals surface area contributed by atoms with Crippen LogP contribution in [0.3, 0.4) is 0 Å². The summed E-state index contributed by atoms with van der Waals surface area (Å²) >= 11 is 0. The molecule has 0 aromatic heterocycles. The molecule has 1 aliphatic rings. The normalized spacial score (nSPS) is 14.8. The number of nitrogens with zero attached hydrogens (tertiary/aromatic N) is 1. The summed E-state index contributed by atoms with van der Waals surface area (Å²) in [6.07, 6.45) is 1.21. The van der Waals surface area contributed by atoms with Crippen LogP contribution in [-0.4, -0.2) is 29.3 Å². The molecule has 0 fully saturated rings. The number of fused-ring (bicyclic) bond motifs is 1. The van der Waals surface area contributed by atoms with Gasteiger partial charge in [0.1, 0.15) is 0 Å². The summed E-state index contributed by atoms with van der Waals surface area (Å²) in [4.78, 5) is 34.9. The molecule has 2 rings (SSSR count). The van der Waals surface area contributed by atoms with Gasteiger partial charge in [0, 0.05) is 18.2 Å². The highest BCUT2D eigenvalue weighted by molar-refractivity contribution is 6.52. The highest BCUT2D eigenvalue weighted by atomic mass is 19.2. The van der Waals surface area contributed by atoms with E-state index in [0.717, 1.165) is 11.0 Å². The molecule has 1 aromatic rings. The van der Waals surface area contributed by atoms with Gasteiger partial charge in [-0.2, -0.15) is 0 Å². The van der Waals surface area contributed by atoms with Crippen LogP contribution in [0.1, 0.15) is 17.3 Å². The Labute approximate surface area is 112 Å². The first-order valence-corrected chi connectivity index (χ1v) is 5.58. The van der Waals surface area contributed by atoms with Gasteiger partial charge >= 0.3 is 5.97 Å². The van der Waals surface area contributed by atoms with Gasteiger partial charge in [0.25, 0.3) is 11.7 Å². The lowest BCUT2D eigenvalue weighted by molar-refractivity contribution is -0.132. The number of carbonyl (C=O) groups excluding carboxylic acids is 2. The Balaban J connectivity index is 2.41. The molecular weight excluding hydrogens is 272 g/mol. The lowest BCUT2D eigenvalue weighted by Gasteiger charge is -2.14. The van der Waals surface area contributed by atoms with E-state index in [2.05, 4.69) is 0 Å². The molecule has 0 saturated carbocycles. The molecule has 1 aromatic carbocycles. The summed E-state index contributed by atoms with van der Waals surface area (Å²) in [6.45, 7) is 1.11. The third-order valence-corrected chi connectivity index (χ3v) is 2.93. The molecular formula is C13H9F2NO4. The van der Waals surface area contributed by atoms with Gasteiger partial charge in [-0.1, -0.05) is 6.08 Å². The Hall–Kier alpha value is -2.57. The minimum absolute atomic E-state index is 0.0266. The number of carbonyl (C=O) groups is 3. The third kappa shape index (κ3) is 2.18. The van der Waals surface area contributed by atoms with E-state index in [0.29, 0.717) is 6.07 Å². The Bertz CT molecular complexity index is 667. The first-order chi connectivity index (χ1) is 9.32. The van der Waals surface area contributed by atoms with Crippen LogP contribution in [0.4, 0.5) is 14.5 Å². The molecule has 0 unspecified atom stereocenters. The van der Waals surface area contributed by atoms with E-state index < -0.39 is 29.3 Å². The number of benzene rings is 1. The molecule has 1 aliphatic heterocycles. The van der Waals surface area contributed by atoms with E-state index in [1.54, 1.807) is 0 Å². The van der Waals surface area contributed by atoms with E-state index in [9.17, 15) is 23.2 Å². The summed E-state index contributed by atoms with van der Waals surface area (Å²) in [5, 5.41) is 8.70. The number of anilines is 1. The van der Waals surface area contributed by atoms with E-state index >= 15 is 0 Å². The lowest BCUT2D eigenvalue weighted by Crippen LogP contribution is -2.30. The number of carboxylic acid groups (broad SMARTS) is 1. The van der Waals surface area contributed by atoms with Crippen molar-refractivity contribution in [2.24, 2.45) is 0 Å². The van der Waals surface area contributed by atoms with Gasteiger partial charge in [0.2, 0.25) is 0 Å². The van der Waals surface area contributed by atoms with Crippen molar-refractivity contribution in [3.63, 3.8) is 0 Å². The van der Waals surface area contributed by atoms with Crippen molar-refractivity contribution in [2.45, 2.75) is 6.92 Å². The van der Waals surface area contributed by atoms with Crippen LogP contribution in [0, 0.1) is 11.6 Å². The summed E-state index contributed by atoms with van der Waals surface area (Å²) in [6, 6.07) is 1.41. The van der Waals surface area contributed by atoms with Crippen molar-refractivity contribution < 1.29 is 28.3 Å². The number of ketones is 1. The van der Waals surface area contributed by atoms with Crippen molar-refractivity contribution >= 4 is 23.3 Å². The van der Waals surface area contributed by atoms with Crippen LogP contribution in [0.5, 0.6) is 0 Å². The molecule has 1 amide bonds. The van der Waals surface area contributed by atoms with Crippen LogP contribution in [-0.2, 0) is 9.59 Å². The second-order valence-corrected chi connectivity index (χ2v) is 4.22. The molecule has 104 valence electrons. The highest BCUT2D eigenvalue weighted by Gasteiger charge is 2.36. The quantitative estimate of drug-likeness (QED) is 0.673. The van der Waals surface area contributed by atoms with Gasteiger partial charge in [-0.05, 0) is 13.0 Å². The second kappa shape index (κ2) is 4.84. The van der Waals surface area contributed by atoms with Crippen molar-refractivity contribution in [3.8, 4) is 0 Å². The first-order valence-electron chi connectivity index (χ1n) is 5.58. The number of amides is 1. The van der Waals surface area contributed by atoms with Gasteiger partial charge in [0.05, 0.1) is 11.3 Å². The minimum Gasteiger partial charge on any atom is -0.478 e. The van der Waals surface area contributed by atoms with Crippen LogP contribution in [0.15, 0.2) is 23.8 Å². The number of rotatable bonds is 3. The van der Waals surface area contributed by atoms with Crippen molar-refractivity contribution in [1.82, 2.24) is 0 Å². The Morgan fingerprint density at radius 1 is 1.30 bits per heavy atom. The molecule has 0 bridgehead atoms. The fourth-order valence-corrected chi connectivity index (χ4v) is 1.79. The molecule has 0 saturated heterocycles. The van der Waals surface area contributed by atoms with E-state index in [1.165, 1.54) is 13.0 Å². The monoisotopic (exact) mass is 281 g/mol. The summed E-state index contributed by atoms with van der Waals surface area (Å²) < 4.78 is 26.3. The van der Waals surface area contributed by atoms with Crippen LogP contribution in [0.25, 0.3) is 0 Å². The number of hydrogen-bond donors (Lipinski definition) is 1. The van der Waals surface area contributed by atoms with Crippen LogP contribution < -0.4 is 4.90 Å². The number of Topliss-reactive ketones (excluding diaryl/α,β-unsaturated/α-hetero) is 1. The van der Waals surface area contributed by atoms with E-state index in [1.807, 2.05) is 0 Å². The zero-order valence-electron chi connectivity index (χ0n) is 10.3. The van der Waals surface area contributed by atoms with Crippen LogP contribution >= 0.6 is 0 Å². The fourth-order valence-electron chi connectivity index (χ4n) is 1.79. The fraction of sp³-hybridized carbons (Fsp3) is 0.154. The Morgan fingerprint density at radius 3 is 2.50 bits per heavy atom. The van der Waals surface area contributed by atoms with E-state index in [-0.39, 0.29) is 23.4 Å². The van der Waals surface area contributed by atoms with Crippen molar-refractivity contribution in [2.75, 3.05) is 11.4 Å². The zero-order chi connectivity index (χ0) is 15.0. The smallest absolute Gasteiger partial charge is 0.331 e. The molecule has 5 nitrogen and oxygen atoms in total. The number of aliphatic carboxylic acids is 1. The van der Waals surface area contributed by atoms with Gasteiger partial charge in [0.15, 0.2) is 11.6 Å². The number of hydrogen-bond acceptors (Lipinski definition) is 3. The van der Waals surface area contributed by atoms with Crippen molar-refractivity contribution in [1.29, 1.82) is 0 Å². The molecule has 0 radical (unpaired) electrons. The Kier molecular flexibility index (Phi) is 3.35. The molecule has 0 spiro atoms. The van der Waals surface area contributed by atoms with Gasteiger partial charge in [-0.25, -0.2) is 13.6 Å². The lowest BCUT2D eigenvalue weighted by atomic mass is 10.1. The predicted molar refractivity (Wildman–Crippen MR) is 64.4 cm³/mol. The summed E-state index contributed by atoms with van der Waals surface area (Å²) in [5.41, 5.74) is -0.315. The SMILES string of the molecule is C/C(=C/CN1C(=O)C(=O)c2cc(F)c(F)cc21)C(=O)O. The molecule has 7 heteroatoms. The Morgan fingerprint density at radius 2 is 1.90 bits per heavy atom. The maximum atomic E-state index is 13.2. The van der Waals surface area contributed by atoms with Gasteiger partial charge < -0.3 is 10.0 Å². The van der Waals surface area contributed by atoms with Gasteiger partial charge in [-0.15, -0.1) is 0 Å². The summed E-state index contributed by atoms with van der Waals surface area (Å²) in [7, 11) is 0. The highest BCUT2D eigenvalue weighted by Crippen LogP contribution is 2.30. The molecule has 1 heterocycles. The third-order valence-electron chi connectivity index (χ3n) is 2.93. The standard InChI is InChI=1S/C13H9F2NO4/c1-6(13(19)20)2-3-16-10-5-9(15)8(14)4-7(10)11(17)12(16)18/h2,4-5H,3H2,1H3,(H,19,20)/b6-2-. The average molecular weight is 281 g/mol. The molecule has 20 heavy (non-hydrogen) atoms.